The fourth-order valence-electron chi connectivity index (χ4n) is 9.11. The Morgan fingerprint density at radius 3 is 1.38 bits per heavy atom. The van der Waals surface area contributed by atoms with Crippen LogP contribution in [0.3, 0.4) is 0 Å². The summed E-state index contributed by atoms with van der Waals surface area (Å²) in [5.41, 5.74) is 12.7. The number of hydrogen-bond acceptors (Lipinski definition) is 2. The van der Waals surface area contributed by atoms with Gasteiger partial charge in [0.2, 0.25) is 0 Å². The van der Waals surface area contributed by atoms with Gasteiger partial charge in [-0.3, -0.25) is 0 Å². The van der Waals surface area contributed by atoms with E-state index in [0.717, 1.165) is 50.9 Å². The van der Waals surface area contributed by atoms with E-state index in [4.69, 9.17) is 9.47 Å². The van der Waals surface area contributed by atoms with Gasteiger partial charge < -0.3 is 18.6 Å². The smallest absolute Gasteiger partial charge is 0.260 e. The van der Waals surface area contributed by atoms with Crippen LogP contribution in [0.15, 0.2) is 140 Å². The normalized spacial score (nSPS) is 13.5. The van der Waals surface area contributed by atoms with Crippen molar-refractivity contribution in [2.75, 3.05) is 0 Å². The molecular formula is C50H41BN2O2. The summed E-state index contributed by atoms with van der Waals surface area (Å²) in [5.74, 6) is 3.51. The van der Waals surface area contributed by atoms with Crippen LogP contribution in [0.2, 0.25) is 0 Å². The standard InChI is InChI=1S/C50H41BN2O2/c1-49(2,3)30-20-22-38-44(24-30)54-46-26-33(27-47-48(46)51(38)39-23-21-31(50(4,5)6)25-45(39)55-47)53-41-19-13-11-17-35(41)37-28-36-34-16-10-12-18-40(34)52(42(36)29-43(37)53)32-14-8-7-9-15-32/h7-29H,1-6H3. The van der Waals surface area contributed by atoms with E-state index in [1.165, 1.54) is 54.6 Å². The van der Waals surface area contributed by atoms with Crippen molar-refractivity contribution in [1.29, 1.82) is 0 Å². The Morgan fingerprint density at radius 1 is 0.400 bits per heavy atom. The minimum Gasteiger partial charge on any atom is -0.458 e. The summed E-state index contributed by atoms with van der Waals surface area (Å²) in [6.07, 6.45) is 0. The number of rotatable bonds is 2. The predicted molar refractivity (Wildman–Crippen MR) is 230 cm³/mol. The Morgan fingerprint density at radius 2 is 0.873 bits per heavy atom. The van der Waals surface area contributed by atoms with Crippen molar-refractivity contribution >= 4 is 66.7 Å². The van der Waals surface area contributed by atoms with Crippen molar-refractivity contribution in [3.63, 3.8) is 0 Å². The van der Waals surface area contributed by atoms with Crippen molar-refractivity contribution in [1.82, 2.24) is 9.13 Å². The van der Waals surface area contributed by atoms with Gasteiger partial charge in [0.1, 0.15) is 23.0 Å². The molecule has 0 spiro atoms. The van der Waals surface area contributed by atoms with E-state index in [2.05, 4.69) is 190 Å². The van der Waals surface area contributed by atoms with Crippen LogP contribution in [-0.4, -0.2) is 15.8 Å². The number of benzene rings is 7. The molecule has 0 saturated heterocycles. The molecule has 4 nitrogen and oxygen atoms in total. The third-order valence-electron chi connectivity index (χ3n) is 11.9. The molecule has 5 heteroatoms. The lowest BCUT2D eigenvalue weighted by Gasteiger charge is -2.35. The van der Waals surface area contributed by atoms with Gasteiger partial charge in [-0.05, 0) is 81.4 Å². The second-order valence-electron chi connectivity index (χ2n) is 17.4. The average Bonchev–Trinajstić information content (AvgIpc) is 3.67. The van der Waals surface area contributed by atoms with E-state index in [9.17, 15) is 0 Å². The van der Waals surface area contributed by atoms with E-state index in [1.807, 2.05) is 0 Å². The maximum Gasteiger partial charge on any atom is 0.260 e. The second-order valence-corrected chi connectivity index (χ2v) is 17.4. The molecule has 9 aromatic rings. The lowest BCUT2D eigenvalue weighted by molar-refractivity contribution is 0.461. The summed E-state index contributed by atoms with van der Waals surface area (Å²) in [6, 6.07) is 51.0. The van der Waals surface area contributed by atoms with Gasteiger partial charge in [-0.25, -0.2) is 0 Å². The highest BCUT2D eigenvalue weighted by molar-refractivity contribution is 6.98. The molecular weight excluding hydrogens is 671 g/mol. The molecule has 7 aromatic carbocycles. The van der Waals surface area contributed by atoms with Crippen LogP contribution in [0.25, 0.3) is 55.0 Å². The van der Waals surface area contributed by atoms with Crippen molar-refractivity contribution in [3.8, 4) is 34.4 Å². The molecule has 0 amide bonds. The predicted octanol–water partition coefficient (Wildman–Crippen LogP) is 11.2. The van der Waals surface area contributed by atoms with E-state index in [-0.39, 0.29) is 17.5 Å². The molecule has 0 saturated carbocycles. The molecule has 0 radical (unpaired) electrons. The molecule has 2 aliphatic heterocycles. The Hall–Kier alpha value is -6.20. The summed E-state index contributed by atoms with van der Waals surface area (Å²) in [5, 5.41) is 4.91. The molecule has 0 aliphatic carbocycles. The van der Waals surface area contributed by atoms with Gasteiger partial charge in [-0.1, -0.05) is 120 Å². The summed E-state index contributed by atoms with van der Waals surface area (Å²) in [4.78, 5) is 0. The number of ether oxygens (including phenoxy) is 2. The highest BCUT2D eigenvalue weighted by Gasteiger charge is 2.41. The maximum atomic E-state index is 7.01. The first kappa shape index (κ1) is 32.3. The van der Waals surface area contributed by atoms with Crippen LogP contribution < -0.4 is 25.9 Å². The van der Waals surface area contributed by atoms with Crippen LogP contribution >= 0.6 is 0 Å². The molecule has 55 heavy (non-hydrogen) atoms. The summed E-state index contributed by atoms with van der Waals surface area (Å²) in [7, 11) is 0. The number of para-hydroxylation sites is 3. The maximum absolute atomic E-state index is 7.01. The molecule has 0 fully saturated rings. The topological polar surface area (TPSA) is 28.3 Å². The van der Waals surface area contributed by atoms with E-state index < -0.39 is 0 Å². The van der Waals surface area contributed by atoms with Crippen molar-refractivity contribution in [2.24, 2.45) is 0 Å². The molecule has 11 rings (SSSR count). The van der Waals surface area contributed by atoms with Gasteiger partial charge in [0, 0.05) is 44.8 Å². The highest BCUT2D eigenvalue weighted by atomic mass is 16.5. The number of fused-ring (bicyclic) bond motifs is 10. The molecule has 0 N–H and O–H groups in total. The van der Waals surface area contributed by atoms with Gasteiger partial charge >= 0.3 is 0 Å². The SMILES string of the molecule is CC(C)(C)c1ccc2c(c1)Oc1cc(-n3c4ccccc4c4cc5c6ccccc6n(-c6ccccc6)c5cc43)cc3c1B2c1ccc(C(C)(C)C)cc1O3. The zero-order valence-corrected chi connectivity index (χ0v) is 32.1. The summed E-state index contributed by atoms with van der Waals surface area (Å²) in [6.45, 7) is 13.6. The van der Waals surface area contributed by atoms with Crippen LogP contribution in [0, 0.1) is 0 Å². The Balaban J connectivity index is 1.20. The fourth-order valence-corrected chi connectivity index (χ4v) is 9.11. The molecule has 0 atom stereocenters. The first-order chi connectivity index (χ1) is 26.5. The lowest BCUT2D eigenvalue weighted by Crippen LogP contribution is -2.57. The fraction of sp³-hybridized carbons (Fsp3) is 0.160. The second kappa shape index (κ2) is 11.2. The van der Waals surface area contributed by atoms with E-state index >= 15 is 0 Å². The lowest BCUT2D eigenvalue weighted by atomic mass is 9.34. The molecule has 2 aliphatic rings. The van der Waals surface area contributed by atoms with E-state index in [1.54, 1.807) is 0 Å². The quantitative estimate of drug-likeness (QED) is 0.167. The van der Waals surface area contributed by atoms with Crippen LogP contribution in [0.4, 0.5) is 0 Å². The highest BCUT2D eigenvalue weighted by Crippen LogP contribution is 2.43. The third-order valence-corrected chi connectivity index (χ3v) is 11.9. The van der Waals surface area contributed by atoms with Gasteiger partial charge in [-0.2, -0.15) is 0 Å². The van der Waals surface area contributed by atoms with Crippen molar-refractivity contribution in [3.05, 3.63) is 151 Å². The van der Waals surface area contributed by atoms with Gasteiger partial charge in [0.05, 0.1) is 27.8 Å². The van der Waals surface area contributed by atoms with Gasteiger partial charge in [0.15, 0.2) is 0 Å². The molecule has 0 unspecified atom stereocenters. The van der Waals surface area contributed by atoms with Gasteiger partial charge in [-0.15, -0.1) is 0 Å². The average molecular weight is 713 g/mol. The molecule has 0 bridgehead atoms. The Labute approximate surface area is 321 Å². The first-order valence-corrected chi connectivity index (χ1v) is 19.4. The monoisotopic (exact) mass is 712 g/mol. The van der Waals surface area contributed by atoms with Crippen LogP contribution in [0.5, 0.6) is 23.0 Å². The summed E-state index contributed by atoms with van der Waals surface area (Å²) < 4.78 is 18.8. The van der Waals surface area contributed by atoms with E-state index in [0.29, 0.717) is 0 Å². The molecule has 266 valence electrons. The minimum atomic E-state index is -0.0165. The third kappa shape index (κ3) is 4.72. The Bertz CT molecular complexity index is 2980. The zero-order valence-electron chi connectivity index (χ0n) is 32.1. The summed E-state index contributed by atoms with van der Waals surface area (Å²) >= 11 is 0. The van der Waals surface area contributed by atoms with Crippen molar-refractivity contribution in [2.45, 2.75) is 52.4 Å². The van der Waals surface area contributed by atoms with Crippen LogP contribution in [-0.2, 0) is 10.8 Å². The number of nitrogens with zero attached hydrogens (tertiary/aromatic N) is 2. The zero-order chi connectivity index (χ0) is 37.4. The number of aromatic nitrogens is 2. The van der Waals surface area contributed by atoms with Gasteiger partial charge in [0.25, 0.3) is 6.71 Å². The minimum absolute atomic E-state index is 0.00561. The number of hydrogen-bond donors (Lipinski definition) is 0. The van der Waals surface area contributed by atoms with Crippen molar-refractivity contribution < 1.29 is 9.47 Å². The molecule has 4 heterocycles. The van der Waals surface area contributed by atoms with Crippen LogP contribution in [0.1, 0.15) is 52.7 Å². The molecule has 2 aromatic heterocycles. The Kier molecular flexibility index (Phi) is 6.55. The largest absolute Gasteiger partial charge is 0.458 e. The first-order valence-electron chi connectivity index (χ1n) is 19.4.